The van der Waals surface area contributed by atoms with E-state index in [9.17, 15) is 19.3 Å². The second kappa shape index (κ2) is 6.73. The number of rotatable bonds is 3. The topological polar surface area (TPSA) is 111 Å². The minimum atomic E-state index is -0.924. The molecule has 1 aliphatic rings. The molecule has 0 saturated heterocycles. The van der Waals surface area contributed by atoms with Crippen molar-refractivity contribution in [1.29, 1.82) is 0 Å². The van der Waals surface area contributed by atoms with Crippen molar-refractivity contribution in [3.63, 3.8) is 0 Å². The third-order valence-corrected chi connectivity index (χ3v) is 4.75. The summed E-state index contributed by atoms with van der Waals surface area (Å²) in [6.07, 6.45) is 2.08. The van der Waals surface area contributed by atoms with E-state index in [1.807, 2.05) is 6.07 Å². The molecule has 2 aromatic carbocycles. The Labute approximate surface area is 159 Å². The number of anilines is 1. The number of nitrogens with one attached hydrogen (secondary N) is 1. The summed E-state index contributed by atoms with van der Waals surface area (Å²) in [5, 5.41) is 13.8. The number of nitro groups is 1. The molecule has 2 heterocycles. The number of aromatic nitrogens is 1. The number of fused-ring (bicyclic) bond motifs is 1. The van der Waals surface area contributed by atoms with Gasteiger partial charge in [0.1, 0.15) is 5.82 Å². The van der Waals surface area contributed by atoms with E-state index in [4.69, 9.17) is 5.73 Å². The van der Waals surface area contributed by atoms with Crippen molar-refractivity contribution >= 4 is 17.4 Å². The van der Waals surface area contributed by atoms with E-state index >= 15 is 0 Å². The Balaban J connectivity index is 1.82. The van der Waals surface area contributed by atoms with E-state index in [1.54, 1.807) is 18.2 Å². The van der Waals surface area contributed by atoms with E-state index in [0.717, 1.165) is 17.2 Å². The van der Waals surface area contributed by atoms with E-state index in [0.29, 0.717) is 29.7 Å². The zero-order valence-corrected chi connectivity index (χ0v) is 14.6. The predicted molar refractivity (Wildman–Crippen MR) is 102 cm³/mol. The SMILES string of the molecule is Nc1ncc(-c2cccc([N+](=O)[O-])c2F)cc1-c1ccc2c(c1)CCNC2=O. The van der Waals surface area contributed by atoms with E-state index < -0.39 is 16.4 Å². The van der Waals surface area contributed by atoms with Crippen LogP contribution >= 0.6 is 0 Å². The van der Waals surface area contributed by atoms with Gasteiger partial charge in [0.2, 0.25) is 5.82 Å². The molecule has 0 unspecified atom stereocenters. The van der Waals surface area contributed by atoms with E-state index in [-0.39, 0.29) is 17.3 Å². The van der Waals surface area contributed by atoms with Crippen LogP contribution < -0.4 is 11.1 Å². The smallest absolute Gasteiger partial charge is 0.305 e. The summed E-state index contributed by atoms with van der Waals surface area (Å²) in [4.78, 5) is 26.3. The molecule has 0 bridgehead atoms. The van der Waals surface area contributed by atoms with Gasteiger partial charge in [-0.2, -0.15) is 4.39 Å². The largest absolute Gasteiger partial charge is 0.383 e. The van der Waals surface area contributed by atoms with E-state index in [1.165, 1.54) is 18.3 Å². The summed E-state index contributed by atoms with van der Waals surface area (Å²) in [6, 6.07) is 11.0. The number of hydrogen-bond acceptors (Lipinski definition) is 5. The molecule has 0 atom stereocenters. The van der Waals surface area contributed by atoms with Crippen molar-refractivity contribution in [2.45, 2.75) is 6.42 Å². The van der Waals surface area contributed by atoms with Crippen LogP contribution in [0.3, 0.4) is 0 Å². The first-order valence-corrected chi connectivity index (χ1v) is 8.56. The molecular formula is C20H15FN4O3. The average molecular weight is 378 g/mol. The number of pyridine rings is 1. The van der Waals surface area contributed by atoms with Crippen LogP contribution in [0.2, 0.25) is 0 Å². The minimum absolute atomic E-state index is 0.0697. The maximum atomic E-state index is 14.6. The van der Waals surface area contributed by atoms with E-state index in [2.05, 4.69) is 10.3 Å². The molecule has 3 aromatic rings. The van der Waals surface area contributed by atoms with Crippen LogP contribution in [0.4, 0.5) is 15.9 Å². The van der Waals surface area contributed by atoms with Gasteiger partial charge in [0.25, 0.3) is 5.91 Å². The van der Waals surface area contributed by atoms with Gasteiger partial charge < -0.3 is 11.1 Å². The Morgan fingerprint density at radius 1 is 1.11 bits per heavy atom. The first-order valence-electron chi connectivity index (χ1n) is 8.56. The number of amides is 1. The number of nitrogen functional groups attached to an aromatic ring is 1. The first kappa shape index (κ1) is 17.6. The Bertz CT molecular complexity index is 1130. The lowest BCUT2D eigenvalue weighted by molar-refractivity contribution is -0.387. The highest BCUT2D eigenvalue weighted by atomic mass is 19.1. The summed E-state index contributed by atoms with van der Waals surface area (Å²) in [6.45, 7) is 0.557. The number of hydrogen-bond donors (Lipinski definition) is 2. The Morgan fingerprint density at radius 2 is 1.93 bits per heavy atom. The van der Waals surface area contributed by atoms with Crippen LogP contribution in [0, 0.1) is 15.9 Å². The maximum Gasteiger partial charge on any atom is 0.305 e. The van der Waals surface area contributed by atoms with Crippen LogP contribution in [0.25, 0.3) is 22.3 Å². The lowest BCUT2D eigenvalue weighted by Gasteiger charge is -2.18. The van der Waals surface area contributed by atoms with Gasteiger partial charge in [-0.15, -0.1) is 0 Å². The molecule has 28 heavy (non-hydrogen) atoms. The molecule has 1 amide bonds. The number of halogens is 1. The third-order valence-electron chi connectivity index (χ3n) is 4.75. The average Bonchev–Trinajstić information content (AvgIpc) is 2.68. The number of carbonyl (C=O) groups is 1. The van der Waals surface area contributed by atoms with Crippen LogP contribution in [0.5, 0.6) is 0 Å². The second-order valence-electron chi connectivity index (χ2n) is 6.43. The van der Waals surface area contributed by atoms with Gasteiger partial charge >= 0.3 is 5.69 Å². The first-order chi connectivity index (χ1) is 13.5. The molecule has 140 valence electrons. The Morgan fingerprint density at radius 3 is 2.71 bits per heavy atom. The molecule has 0 aliphatic carbocycles. The van der Waals surface area contributed by atoms with Crippen molar-refractivity contribution in [2.24, 2.45) is 0 Å². The Kier molecular flexibility index (Phi) is 4.23. The van der Waals surface area contributed by atoms with Crippen LogP contribution in [0.15, 0.2) is 48.7 Å². The normalized spacial score (nSPS) is 13.0. The van der Waals surface area contributed by atoms with Crippen molar-refractivity contribution in [1.82, 2.24) is 10.3 Å². The summed E-state index contributed by atoms with van der Waals surface area (Å²) in [5.74, 6) is -0.798. The second-order valence-corrected chi connectivity index (χ2v) is 6.43. The molecule has 0 spiro atoms. The number of benzene rings is 2. The number of nitro benzene ring substituents is 1. The van der Waals surface area contributed by atoms with Crippen molar-refractivity contribution in [3.8, 4) is 22.3 Å². The Hall–Kier alpha value is -3.81. The number of carbonyl (C=O) groups excluding carboxylic acids is 1. The number of nitrogens with zero attached hydrogens (tertiary/aromatic N) is 2. The molecule has 0 saturated carbocycles. The summed E-state index contributed by atoms with van der Waals surface area (Å²) >= 11 is 0. The fourth-order valence-corrected chi connectivity index (χ4v) is 3.33. The van der Waals surface area contributed by atoms with Crippen LogP contribution in [0.1, 0.15) is 15.9 Å². The lowest BCUT2D eigenvalue weighted by atomic mass is 9.94. The maximum absolute atomic E-state index is 14.6. The van der Waals surface area contributed by atoms with Crippen LogP contribution in [-0.2, 0) is 6.42 Å². The minimum Gasteiger partial charge on any atom is -0.383 e. The summed E-state index contributed by atoms with van der Waals surface area (Å²) < 4.78 is 14.6. The van der Waals surface area contributed by atoms with Gasteiger partial charge in [0.05, 0.1) is 4.92 Å². The summed E-state index contributed by atoms with van der Waals surface area (Å²) in [7, 11) is 0. The molecule has 4 rings (SSSR count). The van der Waals surface area contributed by atoms with Gasteiger partial charge in [-0.05, 0) is 29.7 Å². The van der Waals surface area contributed by atoms with Crippen LogP contribution in [-0.4, -0.2) is 22.4 Å². The van der Waals surface area contributed by atoms with Gasteiger partial charge in [-0.3, -0.25) is 14.9 Å². The van der Waals surface area contributed by atoms with Gasteiger partial charge in [0.15, 0.2) is 0 Å². The quantitative estimate of drug-likeness (QED) is 0.536. The molecule has 8 heteroatoms. The van der Waals surface area contributed by atoms with Crippen molar-refractivity contribution in [2.75, 3.05) is 12.3 Å². The summed E-state index contributed by atoms with van der Waals surface area (Å²) in [5.41, 5.74) is 8.69. The zero-order valence-electron chi connectivity index (χ0n) is 14.6. The molecule has 1 aliphatic heterocycles. The van der Waals surface area contributed by atoms with Gasteiger partial charge in [-0.1, -0.05) is 24.3 Å². The monoisotopic (exact) mass is 378 g/mol. The van der Waals surface area contributed by atoms with Crippen molar-refractivity contribution in [3.05, 3.63) is 75.7 Å². The molecule has 1 aromatic heterocycles. The molecule has 7 nitrogen and oxygen atoms in total. The molecule has 0 radical (unpaired) electrons. The van der Waals surface area contributed by atoms with Gasteiger partial charge in [-0.25, -0.2) is 4.98 Å². The molecule has 0 fully saturated rings. The van der Waals surface area contributed by atoms with Gasteiger partial charge in [0, 0.05) is 41.1 Å². The third kappa shape index (κ3) is 2.94. The lowest BCUT2D eigenvalue weighted by Crippen LogP contribution is -2.31. The standard InChI is InChI=1S/C20H15FN4O3/c21-18-14(2-1-3-17(18)25(27)28)13-9-16(19(22)24-10-13)11-4-5-15-12(8-11)6-7-23-20(15)26/h1-5,8-10H,6-7H2,(H2,22,24)(H,23,26). The van der Waals surface area contributed by atoms with Crippen molar-refractivity contribution < 1.29 is 14.1 Å². The highest BCUT2D eigenvalue weighted by Gasteiger charge is 2.20. The fourth-order valence-electron chi connectivity index (χ4n) is 3.33. The molecular weight excluding hydrogens is 363 g/mol. The predicted octanol–water partition coefficient (Wildman–Crippen LogP) is 3.33. The highest BCUT2D eigenvalue weighted by Crippen LogP contribution is 2.34. The highest BCUT2D eigenvalue weighted by molar-refractivity contribution is 5.97. The molecule has 3 N–H and O–H groups in total. The fraction of sp³-hybridized carbons (Fsp3) is 0.100. The zero-order chi connectivity index (χ0) is 19.8. The number of nitrogens with two attached hydrogens (primary N) is 1.